The second-order valence-corrected chi connectivity index (χ2v) is 4.57. The summed E-state index contributed by atoms with van der Waals surface area (Å²) in [5, 5.41) is 12.0. The Hall–Kier alpha value is -1.40. The minimum atomic E-state index is -0.237. The molecule has 2 rings (SSSR count). The summed E-state index contributed by atoms with van der Waals surface area (Å²) in [7, 11) is 0. The third-order valence-corrected chi connectivity index (χ3v) is 3.13. The minimum Gasteiger partial charge on any atom is -0.310 e. The molecule has 1 saturated carbocycles. The third-order valence-electron chi connectivity index (χ3n) is 3.13. The van der Waals surface area contributed by atoms with E-state index in [1.54, 1.807) is 6.07 Å². The largest absolute Gasteiger partial charge is 0.310 e. The van der Waals surface area contributed by atoms with Gasteiger partial charge in [-0.15, -0.1) is 0 Å². The van der Waals surface area contributed by atoms with E-state index in [9.17, 15) is 4.39 Å². The highest BCUT2D eigenvalue weighted by molar-refractivity contribution is 5.33. The molecule has 1 aliphatic carbocycles. The van der Waals surface area contributed by atoms with Crippen molar-refractivity contribution in [3.8, 4) is 6.07 Å². The van der Waals surface area contributed by atoms with E-state index in [1.807, 2.05) is 6.07 Å². The molecule has 16 heavy (non-hydrogen) atoms. The molecular weight excluding hydrogens is 203 g/mol. The zero-order valence-corrected chi connectivity index (χ0v) is 9.33. The van der Waals surface area contributed by atoms with Gasteiger partial charge in [-0.3, -0.25) is 0 Å². The lowest BCUT2D eigenvalue weighted by atomic mass is 9.82. The van der Waals surface area contributed by atoms with Gasteiger partial charge in [-0.05, 0) is 37.0 Å². The van der Waals surface area contributed by atoms with Gasteiger partial charge >= 0.3 is 0 Å². The van der Waals surface area contributed by atoms with Crippen LogP contribution in [0.2, 0.25) is 0 Å². The summed E-state index contributed by atoms with van der Waals surface area (Å²) in [4.78, 5) is 0. The fraction of sp³-hybridized carbons (Fsp3) is 0.462. The third kappa shape index (κ3) is 2.40. The monoisotopic (exact) mass is 218 g/mol. The van der Waals surface area contributed by atoms with Gasteiger partial charge in [0.2, 0.25) is 0 Å². The van der Waals surface area contributed by atoms with Gasteiger partial charge in [0, 0.05) is 18.2 Å². The van der Waals surface area contributed by atoms with Crippen LogP contribution in [0.25, 0.3) is 0 Å². The normalized spacial score (nSPS) is 23.6. The Bertz CT molecular complexity index is 416. The molecule has 0 aromatic heterocycles. The molecule has 0 bridgehead atoms. The first-order valence-electron chi connectivity index (χ1n) is 5.61. The topological polar surface area (TPSA) is 35.8 Å². The standard InChI is InChI=1S/C13H15FN2/c1-9-4-12(5-9)16-8-11-6-10(7-15)2-3-13(11)14/h2-3,6,9,12,16H,4-5,8H2,1H3. The summed E-state index contributed by atoms with van der Waals surface area (Å²) in [6.45, 7) is 2.73. The average Bonchev–Trinajstić information content (AvgIpc) is 2.25. The highest BCUT2D eigenvalue weighted by Crippen LogP contribution is 2.26. The lowest BCUT2D eigenvalue weighted by Gasteiger charge is -2.33. The molecule has 0 saturated heterocycles. The van der Waals surface area contributed by atoms with Gasteiger partial charge in [-0.2, -0.15) is 5.26 Å². The Morgan fingerprint density at radius 1 is 1.50 bits per heavy atom. The summed E-state index contributed by atoms with van der Waals surface area (Å²) < 4.78 is 13.4. The molecule has 0 aliphatic heterocycles. The molecule has 0 radical (unpaired) electrons. The van der Waals surface area contributed by atoms with Gasteiger partial charge in [0.15, 0.2) is 0 Å². The lowest BCUT2D eigenvalue weighted by molar-refractivity contribution is 0.239. The lowest BCUT2D eigenvalue weighted by Crippen LogP contribution is -2.39. The molecule has 0 heterocycles. The second-order valence-electron chi connectivity index (χ2n) is 4.57. The highest BCUT2D eigenvalue weighted by atomic mass is 19.1. The Morgan fingerprint density at radius 3 is 2.88 bits per heavy atom. The van der Waals surface area contributed by atoms with E-state index in [2.05, 4.69) is 12.2 Å². The van der Waals surface area contributed by atoms with Crippen molar-refractivity contribution in [2.75, 3.05) is 0 Å². The Labute approximate surface area is 95.1 Å². The van der Waals surface area contributed by atoms with Gasteiger partial charge in [0.05, 0.1) is 11.6 Å². The summed E-state index contributed by atoms with van der Waals surface area (Å²) >= 11 is 0. The molecule has 0 unspecified atom stereocenters. The molecule has 0 spiro atoms. The number of rotatable bonds is 3. The molecule has 3 heteroatoms. The molecule has 0 atom stereocenters. The van der Waals surface area contributed by atoms with Gasteiger partial charge in [-0.1, -0.05) is 6.92 Å². The van der Waals surface area contributed by atoms with E-state index in [0.29, 0.717) is 23.7 Å². The predicted octanol–water partition coefficient (Wildman–Crippen LogP) is 2.59. The Balaban J connectivity index is 1.95. The summed E-state index contributed by atoms with van der Waals surface area (Å²) in [6, 6.07) is 7.02. The predicted molar refractivity (Wildman–Crippen MR) is 60.1 cm³/mol. The fourth-order valence-electron chi connectivity index (χ4n) is 2.10. The van der Waals surface area contributed by atoms with Gasteiger partial charge in [0.1, 0.15) is 5.82 Å². The number of nitrogens with zero attached hydrogens (tertiary/aromatic N) is 1. The van der Waals surface area contributed by atoms with E-state index in [-0.39, 0.29) is 5.82 Å². The maximum Gasteiger partial charge on any atom is 0.127 e. The number of benzene rings is 1. The maximum atomic E-state index is 13.4. The van der Waals surface area contributed by atoms with Gasteiger partial charge < -0.3 is 5.32 Å². The van der Waals surface area contributed by atoms with Crippen LogP contribution >= 0.6 is 0 Å². The van der Waals surface area contributed by atoms with Gasteiger partial charge in [0.25, 0.3) is 0 Å². The van der Waals surface area contributed by atoms with Crippen LogP contribution in [0.3, 0.4) is 0 Å². The molecule has 2 nitrogen and oxygen atoms in total. The number of hydrogen-bond donors (Lipinski definition) is 1. The van der Waals surface area contributed by atoms with Crippen molar-refractivity contribution in [1.29, 1.82) is 5.26 Å². The molecular formula is C13H15FN2. The zero-order chi connectivity index (χ0) is 11.5. The van der Waals surface area contributed by atoms with Crippen molar-refractivity contribution < 1.29 is 4.39 Å². The molecule has 1 aromatic carbocycles. The highest BCUT2D eigenvalue weighted by Gasteiger charge is 2.24. The van der Waals surface area contributed by atoms with E-state index < -0.39 is 0 Å². The van der Waals surface area contributed by atoms with Crippen LogP contribution in [-0.2, 0) is 6.54 Å². The fourth-order valence-corrected chi connectivity index (χ4v) is 2.10. The van der Waals surface area contributed by atoms with Crippen molar-refractivity contribution in [2.45, 2.75) is 32.4 Å². The number of hydrogen-bond acceptors (Lipinski definition) is 2. The molecule has 0 amide bonds. The van der Waals surface area contributed by atoms with Crippen molar-refractivity contribution in [2.24, 2.45) is 5.92 Å². The quantitative estimate of drug-likeness (QED) is 0.846. The van der Waals surface area contributed by atoms with Crippen LogP contribution in [0.1, 0.15) is 30.9 Å². The van der Waals surface area contributed by atoms with Crippen LogP contribution < -0.4 is 5.32 Å². The van der Waals surface area contributed by atoms with Crippen molar-refractivity contribution in [1.82, 2.24) is 5.32 Å². The average molecular weight is 218 g/mol. The Kier molecular flexibility index (Phi) is 3.21. The van der Waals surface area contributed by atoms with Crippen LogP contribution in [0, 0.1) is 23.1 Å². The molecule has 1 aliphatic rings. The maximum absolute atomic E-state index is 13.4. The SMILES string of the molecule is CC1CC(NCc2cc(C#N)ccc2F)C1. The molecule has 84 valence electrons. The zero-order valence-electron chi connectivity index (χ0n) is 9.33. The first kappa shape index (κ1) is 11.1. The summed E-state index contributed by atoms with van der Waals surface area (Å²) in [6.07, 6.45) is 2.33. The van der Waals surface area contributed by atoms with Crippen LogP contribution in [-0.4, -0.2) is 6.04 Å². The minimum absolute atomic E-state index is 0.237. The number of nitrogens with one attached hydrogen (secondary N) is 1. The number of halogens is 1. The van der Waals surface area contributed by atoms with E-state index in [1.165, 1.54) is 25.0 Å². The summed E-state index contributed by atoms with van der Waals surface area (Å²) in [5.41, 5.74) is 1.10. The first-order chi connectivity index (χ1) is 7.69. The van der Waals surface area contributed by atoms with E-state index in [0.717, 1.165) is 5.92 Å². The Morgan fingerprint density at radius 2 is 2.25 bits per heavy atom. The van der Waals surface area contributed by atoms with Crippen molar-refractivity contribution >= 4 is 0 Å². The van der Waals surface area contributed by atoms with Crippen LogP contribution in [0.15, 0.2) is 18.2 Å². The number of nitriles is 1. The smallest absolute Gasteiger partial charge is 0.127 e. The van der Waals surface area contributed by atoms with Crippen LogP contribution in [0.5, 0.6) is 0 Å². The molecule has 1 fully saturated rings. The van der Waals surface area contributed by atoms with E-state index in [4.69, 9.17) is 5.26 Å². The molecule has 1 aromatic rings. The van der Waals surface area contributed by atoms with Crippen LogP contribution in [0.4, 0.5) is 4.39 Å². The second kappa shape index (κ2) is 4.63. The van der Waals surface area contributed by atoms with E-state index >= 15 is 0 Å². The van der Waals surface area contributed by atoms with Crippen molar-refractivity contribution in [3.63, 3.8) is 0 Å². The molecule has 1 N–H and O–H groups in total. The summed E-state index contributed by atoms with van der Waals surface area (Å²) in [5.74, 6) is 0.548. The first-order valence-corrected chi connectivity index (χ1v) is 5.61. The van der Waals surface area contributed by atoms with Crippen molar-refractivity contribution in [3.05, 3.63) is 35.1 Å². The van der Waals surface area contributed by atoms with Gasteiger partial charge in [-0.25, -0.2) is 4.39 Å².